The maximum atomic E-state index is 10.8. The summed E-state index contributed by atoms with van der Waals surface area (Å²) in [6.07, 6.45) is 3.19. The van der Waals surface area contributed by atoms with Crippen LogP contribution in [0.1, 0.15) is 5.69 Å². The molecule has 19 heavy (non-hydrogen) atoms. The third kappa shape index (κ3) is 3.87. The van der Waals surface area contributed by atoms with Crippen molar-refractivity contribution >= 4 is 22.0 Å². The summed E-state index contributed by atoms with van der Waals surface area (Å²) in [5.74, 6) is 0. The Kier molecular flexibility index (Phi) is 3.88. The Bertz CT molecular complexity index is 667. The van der Waals surface area contributed by atoms with Crippen molar-refractivity contribution in [2.45, 2.75) is 4.90 Å². The molecule has 0 aliphatic heterocycles. The summed E-state index contributed by atoms with van der Waals surface area (Å²) in [7, 11) is -4.16. The molecule has 0 aliphatic carbocycles. The van der Waals surface area contributed by atoms with Crippen LogP contribution in [0.4, 0.5) is 5.69 Å². The summed E-state index contributed by atoms with van der Waals surface area (Å²) in [4.78, 5) is 3.89. The highest BCUT2D eigenvalue weighted by Gasteiger charge is 2.07. The van der Waals surface area contributed by atoms with Crippen LogP contribution in [0, 0.1) is 0 Å². The predicted molar refractivity (Wildman–Crippen MR) is 71.7 cm³/mol. The number of hydrogen-bond donors (Lipinski definition) is 2. The monoisotopic (exact) mass is 277 g/mol. The van der Waals surface area contributed by atoms with E-state index in [2.05, 4.69) is 15.5 Å². The van der Waals surface area contributed by atoms with E-state index in [1.165, 1.54) is 30.5 Å². The van der Waals surface area contributed by atoms with Crippen LogP contribution in [0.25, 0.3) is 0 Å². The minimum Gasteiger partial charge on any atom is -0.282 e. The molecule has 0 spiro atoms. The first-order valence-corrected chi connectivity index (χ1v) is 6.77. The van der Waals surface area contributed by atoms with E-state index in [9.17, 15) is 8.42 Å². The van der Waals surface area contributed by atoms with Crippen LogP contribution in [0.2, 0.25) is 0 Å². The van der Waals surface area contributed by atoms with Gasteiger partial charge in [-0.15, -0.1) is 0 Å². The van der Waals surface area contributed by atoms with E-state index in [1.807, 2.05) is 6.07 Å². The van der Waals surface area contributed by atoms with Gasteiger partial charge in [-0.25, -0.2) is 0 Å². The molecule has 6 nitrogen and oxygen atoms in total. The molecule has 2 N–H and O–H groups in total. The van der Waals surface area contributed by atoms with E-state index in [0.717, 1.165) is 0 Å². The van der Waals surface area contributed by atoms with Gasteiger partial charge in [0.1, 0.15) is 0 Å². The van der Waals surface area contributed by atoms with Gasteiger partial charge in [-0.1, -0.05) is 6.07 Å². The molecule has 2 rings (SSSR count). The van der Waals surface area contributed by atoms with Gasteiger partial charge < -0.3 is 0 Å². The van der Waals surface area contributed by atoms with E-state index < -0.39 is 10.1 Å². The van der Waals surface area contributed by atoms with E-state index in [1.54, 1.807) is 18.3 Å². The maximum absolute atomic E-state index is 10.8. The van der Waals surface area contributed by atoms with E-state index >= 15 is 0 Å². The molecule has 1 heterocycles. The molecule has 0 unspecified atom stereocenters. The lowest BCUT2D eigenvalue weighted by Gasteiger charge is -2.01. The zero-order valence-electron chi connectivity index (χ0n) is 9.76. The number of aromatic nitrogens is 1. The van der Waals surface area contributed by atoms with Gasteiger partial charge in [0, 0.05) is 6.20 Å². The summed E-state index contributed by atoms with van der Waals surface area (Å²) in [6, 6.07) is 11.0. The first-order valence-electron chi connectivity index (χ1n) is 5.33. The third-order valence-corrected chi connectivity index (χ3v) is 3.10. The zero-order chi connectivity index (χ0) is 13.7. The molecule has 1 aromatic heterocycles. The van der Waals surface area contributed by atoms with Crippen LogP contribution in [0.5, 0.6) is 0 Å². The van der Waals surface area contributed by atoms with Crippen molar-refractivity contribution in [3.05, 3.63) is 54.4 Å². The van der Waals surface area contributed by atoms with Crippen LogP contribution >= 0.6 is 0 Å². The smallest absolute Gasteiger partial charge is 0.282 e. The van der Waals surface area contributed by atoms with Crippen LogP contribution < -0.4 is 5.43 Å². The maximum Gasteiger partial charge on any atom is 0.294 e. The van der Waals surface area contributed by atoms with Crippen LogP contribution in [-0.4, -0.2) is 24.2 Å². The molecule has 0 aliphatic rings. The number of nitrogens with zero attached hydrogens (tertiary/aromatic N) is 2. The molecule has 7 heteroatoms. The number of hydrazone groups is 1. The van der Waals surface area contributed by atoms with Gasteiger partial charge in [0.2, 0.25) is 0 Å². The average molecular weight is 277 g/mol. The molecule has 0 bridgehead atoms. The van der Waals surface area contributed by atoms with Crippen molar-refractivity contribution in [3.63, 3.8) is 0 Å². The van der Waals surface area contributed by atoms with Crippen molar-refractivity contribution in [3.8, 4) is 0 Å². The second-order valence-corrected chi connectivity index (χ2v) is 5.05. The quantitative estimate of drug-likeness (QED) is 0.505. The molecular formula is C12H11N3O3S. The number of benzene rings is 1. The van der Waals surface area contributed by atoms with Gasteiger partial charge in [-0.05, 0) is 36.4 Å². The van der Waals surface area contributed by atoms with Crippen molar-refractivity contribution in [1.29, 1.82) is 0 Å². The molecule has 0 atom stereocenters. The molecule has 0 fully saturated rings. The van der Waals surface area contributed by atoms with Gasteiger partial charge in [-0.3, -0.25) is 15.0 Å². The van der Waals surface area contributed by atoms with Crippen molar-refractivity contribution in [2.24, 2.45) is 5.10 Å². The lowest BCUT2D eigenvalue weighted by Crippen LogP contribution is -1.98. The molecule has 0 saturated heterocycles. The average Bonchev–Trinajstić information content (AvgIpc) is 2.39. The lowest BCUT2D eigenvalue weighted by atomic mass is 10.3. The highest BCUT2D eigenvalue weighted by molar-refractivity contribution is 7.85. The molecule has 98 valence electrons. The normalized spacial score (nSPS) is 11.6. The first-order chi connectivity index (χ1) is 9.05. The summed E-state index contributed by atoms with van der Waals surface area (Å²) >= 11 is 0. The van der Waals surface area contributed by atoms with E-state index in [-0.39, 0.29) is 4.90 Å². The number of nitrogens with one attached hydrogen (secondary N) is 1. The Labute approximate surface area is 110 Å². The van der Waals surface area contributed by atoms with Gasteiger partial charge in [0.05, 0.1) is 22.5 Å². The first kappa shape index (κ1) is 13.2. The number of anilines is 1. The Morgan fingerprint density at radius 2 is 1.89 bits per heavy atom. The van der Waals surface area contributed by atoms with Crippen molar-refractivity contribution < 1.29 is 13.0 Å². The lowest BCUT2D eigenvalue weighted by molar-refractivity contribution is 0.483. The minimum absolute atomic E-state index is 0.160. The minimum atomic E-state index is -4.16. The Balaban J connectivity index is 2.03. The fourth-order valence-corrected chi connectivity index (χ4v) is 1.81. The Morgan fingerprint density at radius 3 is 2.47 bits per heavy atom. The zero-order valence-corrected chi connectivity index (χ0v) is 10.6. The fraction of sp³-hybridized carbons (Fsp3) is 0. The number of pyridine rings is 1. The van der Waals surface area contributed by atoms with E-state index in [0.29, 0.717) is 11.4 Å². The topological polar surface area (TPSA) is 91.7 Å². The summed E-state index contributed by atoms with van der Waals surface area (Å²) in [5, 5.41) is 3.95. The van der Waals surface area contributed by atoms with Gasteiger partial charge in [0.15, 0.2) is 0 Å². The number of rotatable bonds is 4. The Morgan fingerprint density at radius 1 is 1.16 bits per heavy atom. The fourth-order valence-electron chi connectivity index (χ4n) is 1.33. The predicted octanol–water partition coefficient (Wildman–Crippen LogP) is 1.77. The molecular weight excluding hydrogens is 266 g/mol. The Hall–Kier alpha value is -2.25. The second kappa shape index (κ2) is 5.59. The standard InChI is InChI=1S/C12H11N3O3S/c16-19(17,18)12-6-4-10(5-7-12)15-14-9-11-3-1-2-8-13-11/h1-9,15H,(H,16,17,18)/b14-9-. The summed E-state index contributed by atoms with van der Waals surface area (Å²) < 4.78 is 30.5. The highest BCUT2D eigenvalue weighted by Crippen LogP contribution is 2.13. The summed E-state index contributed by atoms with van der Waals surface area (Å²) in [6.45, 7) is 0. The van der Waals surface area contributed by atoms with Gasteiger partial charge in [-0.2, -0.15) is 13.5 Å². The third-order valence-electron chi connectivity index (χ3n) is 2.23. The van der Waals surface area contributed by atoms with Crippen molar-refractivity contribution in [1.82, 2.24) is 4.98 Å². The van der Waals surface area contributed by atoms with Gasteiger partial charge in [0.25, 0.3) is 10.1 Å². The molecule has 0 amide bonds. The van der Waals surface area contributed by atoms with Crippen LogP contribution in [-0.2, 0) is 10.1 Å². The van der Waals surface area contributed by atoms with Crippen LogP contribution in [0.3, 0.4) is 0 Å². The van der Waals surface area contributed by atoms with Crippen molar-refractivity contribution in [2.75, 3.05) is 5.43 Å². The molecule has 0 radical (unpaired) electrons. The largest absolute Gasteiger partial charge is 0.294 e. The van der Waals surface area contributed by atoms with Crippen LogP contribution in [0.15, 0.2) is 58.7 Å². The molecule has 0 saturated carbocycles. The SMILES string of the molecule is O=S(=O)(O)c1ccc(N/N=C\c2ccccn2)cc1. The van der Waals surface area contributed by atoms with E-state index in [4.69, 9.17) is 4.55 Å². The highest BCUT2D eigenvalue weighted by atomic mass is 32.2. The second-order valence-electron chi connectivity index (χ2n) is 3.62. The molecule has 2 aromatic rings. The summed E-state index contributed by atoms with van der Waals surface area (Å²) in [5.41, 5.74) is 4.02. The van der Waals surface area contributed by atoms with Gasteiger partial charge >= 0.3 is 0 Å². The number of hydrogen-bond acceptors (Lipinski definition) is 5. The molecule has 1 aromatic carbocycles.